The van der Waals surface area contributed by atoms with Crippen LogP contribution in [0, 0.1) is 13.8 Å². The number of rotatable bonds is 5. The van der Waals surface area contributed by atoms with Crippen molar-refractivity contribution in [2.45, 2.75) is 39.5 Å². The van der Waals surface area contributed by atoms with Crippen LogP contribution in [0.1, 0.15) is 27.0 Å². The highest BCUT2D eigenvalue weighted by molar-refractivity contribution is 9.10. The number of ketones is 1. The maximum Gasteiger partial charge on any atom is 0.244 e. The summed E-state index contributed by atoms with van der Waals surface area (Å²) in [6.07, 6.45) is 6.97. The third kappa shape index (κ3) is 3.98. The lowest BCUT2D eigenvalue weighted by molar-refractivity contribution is -0.682. The van der Waals surface area contributed by atoms with Gasteiger partial charge in [-0.3, -0.25) is 4.79 Å². The Morgan fingerprint density at radius 2 is 2.04 bits per heavy atom. The molecule has 0 spiro atoms. The number of ether oxygens (including phenoxy) is 1. The van der Waals surface area contributed by atoms with E-state index in [-0.39, 0.29) is 11.9 Å². The quantitative estimate of drug-likeness (QED) is 0.456. The highest BCUT2D eigenvalue weighted by atomic mass is 79.9. The predicted molar refractivity (Wildman–Crippen MR) is 107 cm³/mol. The maximum absolute atomic E-state index is 12.4. The molecule has 1 aliphatic heterocycles. The van der Waals surface area contributed by atoms with Crippen LogP contribution in [0.25, 0.3) is 0 Å². The third-order valence-electron chi connectivity index (χ3n) is 4.95. The molecule has 1 atom stereocenters. The number of halogens is 1. The fourth-order valence-electron chi connectivity index (χ4n) is 3.64. The number of aromatic nitrogens is 2. The molecule has 0 radical (unpaired) electrons. The van der Waals surface area contributed by atoms with Gasteiger partial charge in [-0.15, -0.1) is 0 Å². The van der Waals surface area contributed by atoms with Crippen molar-refractivity contribution in [2.24, 2.45) is 0 Å². The molecule has 4 nitrogen and oxygen atoms in total. The second-order valence-corrected chi connectivity index (χ2v) is 8.13. The smallest absolute Gasteiger partial charge is 0.244 e. The Labute approximate surface area is 167 Å². The number of nitrogens with zero attached hydrogens (tertiary/aromatic N) is 2. The minimum atomic E-state index is 0.0980. The van der Waals surface area contributed by atoms with E-state index in [0.717, 1.165) is 28.8 Å². The van der Waals surface area contributed by atoms with Crippen molar-refractivity contribution < 1.29 is 14.1 Å². The van der Waals surface area contributed by atoms with Gasteiger partial charge in [0, 0.05) is 22.0 Å². The van der Waals surface area contributed by atoms with Crippen molar-refractivity contribution in [3.63, 3.8) is 0 Å². The van der Waals surface area contributed by atoms with E-state index in [1.165, 1.54) is 16.7 Å². The lowest BCUT2D eigenvalue weighted by atomic mass is 10.0. The van der Waals surface area contributed by atoms with Crippen molar-refractivity contribution in [3.05, 3.63) is 81.8 Å². The number of carbonyl (C=O) groups excluding carboxylic acids is 1. The summed E-state index contributed by atoms with van der Waals surface area (Å²) < 4.78 is 11.1. The SMILES string of the molecule is Cc1cc(C)c2c(c1)OC(Cn1cc[n+](CC(=O)c3ccc(Br)cc3)c1)C2. The van der Waals surface area contributed by atoms with Crippen molar-refractivity contribution in [2.75, 3.05) is 0 Å². The lowest BCUT2D eigenvalue weighted by Gasteiger charge is -2.07. The van der Waals surface area contributed by atoms with E-state index in [9.17, 15) is 4.79 Å². The van der Waals surface area contributed by atoms with Gasteiger partial charge in [0.15, 0.2) is 6.54 Å². The number of imidazole rings is 1. The summed E-state index contributed by atoms with van der Waals surface area (Å²) in [6.45, 7) is 5.35. The van der Waals surface area contributed by atoms with Gasteiger partial charge in [0.1, 0.15) is 30.8 Å². The Hall–Kier alpha value is -2.40. The fraction of sp³-hybridized carbons (Fsp3) is 0.273. The molecule has 1 unspecified atom stereocenters. The zero-order chi connectivity index (χ0) is 19.0. The van der Waals surface area contributed by atoms with Gasteiger partial charge >= 0.3 is 0 Å². The molecule has 1 aliphatic rings. The average molecular weight is 426 g/mol. The molecular weight excluding hydrogens is 404 g/mol. The topological polar surface area (TPSA) is 35.1 Å². The van der Waals surface area contributed by atoms with Crippen LogP contribution < -0.4 is 9.30 Å². The first-order valence-corrected chi connectivity index (χ1v) is 9.87. The first-order valence-electron chi connectivity index (χ1n) is 9.08. The summed E-state index contributed by atoms with van der Waals surface area (Å²) in [7, 11) is 0. The Kier molecular flexibility index (Phi) is 4.87. The Bertz CT molecular complexity index is 992. The number of hydrogen-bond acceptors (Lipinski definition) is 2. The van der Waals surface area contributed by atoms with Gasteiger partial charge < -0.3 is 4.74 Å². The summed E-state index contributed by atoms with van der Waals surface area (Å²) >= 11 is 3.39. The summed E-state index contributed by atoms with van der Waals surface area (Å²) in [5.74, 6) is 1.11. The molecule has 0 aliphatic carbocycles. The van der Waals surface area contributed by atoms with Crippen molar-refractivity contribution in [1.82, 2.24) is 4.57 Å². The maximum atomic E-state index is 12.4. The zero-order valence-electron chi connectivity index (χ0n) is 15.5. The molecule has 1 aromatic heterocycles. The van der Waals surface area contributed by atoms with Crippen molar-refractivity contribution >= 4 is 21.7 Å². The molecule has 0 amide bonds. The van der Waals surface area contributed by atoms with Crippen LogP contribution in [0.4, 0.5) is 0 Å². The van der Waals surface area contributed by atoms with Crippen LogP contribution >= 0.6 is 15.9 Å². The van der Waals surface area contributed by atoms with Crippen molar-refractivity contribution in [1.29, 1.82) is 0 Å². The molecule has 0 saturated carbocycles. The van der Waals surface area contributed by atoms with Gasteiger partial charge in [0.05, 0.1) is 0 Å². The number of benzene rings is 2. The second-order valence-electron chi connectivity index (χ2n) is 7.22. The summed E-state index contributed by atoms with van der Waals surface area (Å²) in [6, 6.07) is 11.8. The first-order chi connectivity index (χ1) is 13.0. The predicted octanol–water partition coefficient (Wildman–Crippen LogP) is 4.04. The van der Waals surface area contributed by atoms with E-state index in [0.29, 0.717) is 6.54 Å². The second kappa shape index (κ2) is 7.31. The van der Waals surface area contributed by atoms with Crippen LogP contribution in [0.3, 0.4) is 0 Å². The highest BCUT2D eigenvalue weighted by Gasteiger charge is 2.26. The number of carbonyl (C=O) groups is 1. The van der Waals surface area contributed by atoms with Gasteiger partial charge in [0.25, 0.3) is 0 Å². The minimum Gasteiger partial charge on any atom is -0.486 e. The summed E-state index contributed by atoms with van der Waals surface area (Å²) in [5.41, 5.74) is 4.57. The molecule has 4 rings (SSSR count). The molecular formula is C22H22BrN2O2+. The van der Waals surface area contributed by atoms with Crippen LogP contribution in [0.2, 0.25) is 0 Å². The molecule has 2 heterocycles. The standard InChI is InChI=1S/C22H22BrN2O2/c1-15-9-16(2)20-11-19(27-22(20)10-15)12-24-7-8-25(14-24)13-21(26)17-3-5-18(23)6-4-17/h3-10,14,19H,11-13H2,1-2H3/q+1. The monoisotopic (exact) mass is 425 g/mol. The fourth-order valence-corrected chi connectivity index (χ4v) is 3.91. The number of Topliss-reactive ketones (excluding diaryl/α,β-unsaturated/α-hetero) is 1. The van der Waals surface area contributed by atoms with E-state index < -0.39 is 0 Å². The average Bonchev–Trinajstić information content (AvgIpc) is 3.22. The Morgan fingerprint density at radius 1 is 1.26 bits per heavy atom. The number of aryl methyl sites for hydroxylation is 2. The van der Waals surface area contributed by atoms with Gasteiger partial charge in [-0.05, 0) is 43.2 Å². The normalized spacial score (nSPS) is 15.4. The number of hydrogen-bond donors (Lipinski definition) is 0. The molecule has 2 aromatic carbocycles. The van der Waals surface area contributed by atoms with Crippen molar-refractivity contribution in [3.8, 4) is 5.75 Å². The molecule has 0 saturated heterocycles. The molecule has 0 N–H and O–H groups in total. The molecule has 138 valence electrons. The Morgan fingerprint density at radius 3 is 2.81 bits per heavy atom. The van der Waals surface area contributed by atoms with E-state index in [4.69, 9.17) is 4.74 Å². The largest absolute Gasteiger partial charge is 0.486 e. The van der Waals surface area contributed by atoms with Gasteiger partial charge in [-0.1, -0.05) is 34.1 Å². The van der Waals surface area contributed by atoms with Crippen LogP contribution in [0.15, 0.2) is 59.6 Å². The minimum absolute atomic E-state index is 0.0980. The molecule has 27 heavy (non-hydrogen) atoms. The molecule has 5 heteroatoms. The van der Waals surface area contributed by atoms with E-state index in [2.05, 4.69) is 46.5 Å². The van der Waals surface area contributed by atoms with Crippen LogP contribution in [0.5, 0.6) is 5.75 Å². The van der Waals surface area contributed by atoms with Gasteiger partial charge in [0.2, 0.25) is 12.1 Å². The molecule has 0 bridgehead atoms. The van der Waals surface area contributed by atoms with Gasteiger partial charge in [-0.25, -0.2) is 9.13 Å². The van der Waals surface area contributed by atoms with E-state index in [1.807, 2.05) is 47.6 Å². The first kappa shape index (κ1) is 18.0. The summed E-state index contributed by atoms with van der Waals surface area (Å²) in [4.78, 5) is 12.4. The highest BCUT2D eigenvalue weighted by Crippen LogP contribution is 2.33. The van der Waals surface area contributed by atoms with Gasteiger partial charge in [-0.2, -0.15) is 0 Å². The van der Waals surface area contributed by atoms with Crippen LogP contribution in [-0.4, -0.2) is 16.5 Å². The third-order valence-corrected chi connectivity index (χ3v) is 5.48. The number of fused-ring (bicyclic) bond motifs is 1. The molecule has 0 fully saturated rings. The van der Waals surface area contributed by atoms with E-state index in [1.54, 1.807) is 0 Å². The summed E-state index contributed by atoms with van der Waals surface area (Å²) in [5, 5.41) is 0. The Balaban J connectivity index is 1.40. The zero-order valence-corrected chi connectivity index (χ0v) is 17.1. The lowest BCUT2D eigenvalue weighted by Crippen LogP contribution is -2.36. The van der Waals surface area contributed by atoms with Crippen LogP contribution in [-0.2, 0) is 19.5 Å². The van der Waals surface area contributed by atoms with E-state index >= 15 is 0 Å². The molecule has 3 aromatic rings.